The maximum absolute atomic E-state index is 11.0. The lowest BCUT2D eigenvalue weighted by molar-refractivity contribution is -0.385. The van der Waals surface area contributed by atoms with Gasteiger partial charge >= 0.3 is 0 Å². The maximum Gasteiger partial charge on any atom is 0.275 e. The normalized spacial score (nSPS) is 10.3. The number of phenolic OH excluding ortho intramolecular Hbond substituents is 1. The van der Waals surface area contributed by atoms with E-state index in [0.29, 0.717) is 15.7 Å². The number of aromatic hydroxyl groups is 1. The van der Waals surface area contributed by atoms with Crippen LogP contribution in [-0.2, 0) is 6.54 Å². The zero-order valence-corrected chi connectivity index (χ0v) is 12.5. The van der Waals surface area contributed by atoms with Crippen LogP contribution in [0.5, 0.6) is 5.75 Å². The smallest absolute Gasteiger partial charge is 0.275 e. The summed E-state index contributed by atoms with van der Waals surface area (Å²) in [6.07, 6.45) is 0. The van der Waals surface area contributed by atoms with Gasteiger partial charge in [0.25, 0.3) is 5.69 Å². The highest BCUT2D eigenvalue weighted by Crippen LogP contribution is 2.28. The number of nitrogens with zero attached hydrogens (tertiary/aromatic N) is 1. The Morgan fingerprint density at radius 2 is 2.05 bits per heavy atom. The minimum atomic E-state index is -0.425. The van der Waals surface area contributed by atoms with Gasteiger partial charge < -0.3 is 10.4 Å². The predicted octanol–water partition coefficient (Wildman–Crippen LogP) is 4.33. The summed E-state index contributed by atoms with van der Waals surface area (Å²) in [5, 5.41) is 23.6. The molecule has 0 fully saturated rings. The minimum absolute atomic E-state index is 0.00756. The van der Waals surface area contributed by atoms with E-state index in [2.05, 4.69) is 21.2 Å². The molecule has 2 rings (SSSR count). The lowest BCUT2D eigenvalue weighted by Gasteiger charge is -2.08. The van der Waals surface area contributed by atoms with Gasteiger partial charge in [0.2, 0.25) is 0 Å². The highest BCUT2D eigenvalue weighted by molar-refractivity contribution is 9.10. The molecule has 7 heteroatoms. The summed E-state index contributed by atoms with van der Waals surface area (Å²) in [6.45, 7) is 0.282. The van der Waals surface area contributed by atoms with Gasteiger partial charge in [-0.15, -0.1) is 0 Å². The van der Waals surface area contributed by atoms with Gasteiger partial charge in [-0.25, -0.2) is 0 Å². The fourth-order valence-corrected chi connectivity index (χ4v) is 2.20. The lowest BCUT2D eigenvalue weighted by atomic mass is 10.1. The van der Waals surface area contributed by atoms with Crippen LogP contribution in [0.1, 0.15) is 5.56 Å². The number of nitrogens with one attached hydrogen (secondary N) is 1. The third-order valence-corrected chi connectivity index (χ3v) is 3.47. The molecule has 104 valence electrons. The molecule has 0 aromatic heterocycles. The molecule has 0 atom stereocenters. The Hall–Kier alpha value is -1.79. The molecular weight excluding hydrogens is 348 g/mol. The first-order valence-corrected chi connectivity index (χ1v) is 6.79. The number of halogens is 2. The molecule has 0 saturated heterocycles. The molecule has 0 radical (unpaired) electrons. The Labute approximate surface area is 128 Å². The van der Waals surface area contributed by atoms with E-state index in [-0.39, 0.29) is 23.0 Å². The second kappa shape index (κ2) is 6.11. The van der Waals surface area contributed by atoms with Gasteiger partial charge in [-0.05, 0) is 30.3 Å². The van der Waals surface area contributed by atoms with Crippen LogP contribution >= 0.6 is 27.5 Å². The number of hydrogen-bond acceptors (Lipinski definition) is 4. The van der Waals surface area contributed by atoms with Gasteiger partial charge in [-0.1, -0.05) is 27.5 Å². The Kier molecular flexibility index (Phi) is 4.46. The number of nitro groups is 1. The van der Waals surface area contributed by atoms with Crippen LogP contribution in [0.25, 0.3) is 0 Å². The maximum atomic E-state index is 11.0. The van der Waals surface area contributed by atoms with E-state index < -0.39 is 4.92 Å². The number of hydrogen-bond donors (Lipinski definition) is 2. The molecule has 0 saturated carbocycles. The minimum Gasteiger partial charge on any atom is -0.506 e. The zero-order valence-electron chi connectivity index (χ0n) is 10.1. The summed E-state index contributed by atoms with van der Waals surface area (Å²) in [7, 11) is 0. The summed E-state index contributed by atoms with van der Waals surface area (Å²) in [6, 6.07) is 9.54. The summed E-state index contributed by atoms with van der Waals surface area (Å²) in [4.78, 5) is 10.6. The second-order valence-corrected chi connectivity index (χ2v) is 5.37. The molecule has 0 aliphatic heterocycles. The van der Waals surface area contributed by atoms with Crippen molar-refractivity contribution in [1.29, 1.82) is 0 Å². The zero-order chi connectivity index (χ0) is 14.7. The predicted molar refractivity (Wildman–Crippen MR) is 81.2 cm³/mol. The van der Waals surface area contributed by atoms with E-state index in [0.717, 1.165) is 0 Å². The van der Waals surface area contributed by atoms with Crippen molar-refractivity contribution in [3.05, 3.63) is 61.6 Å². The standard InChI is InChI=1S/C13H10BrClN2O3/c14-9-2-1-8(12(5-9)17(19)20)7-16-10-3-4-13(18)11(15)6-10/h1-6,16,18H,7H2. The number of rotatable bonds is 4. The highest BCUT2D eigenvalue weighted by atomic mass is 79.9. The lowest BCUT2D eigenvalue weighted by Crippen LogP contribution is -2.03. The molecule has 5 nitrogen and oxygen atoms in total. The quantitative estimate of drug-likeness (QED) is 0.485. The Morgan fingerprint density at radius 3 is 2.70 bits per heavy atom. The summed E-state index contributed by atoms with van der Waals surface area (Å²) < 4.78 is 0.653. The first-order chi connectivity index (χ1) is 9.47. The van der Waals surface area contributed by atoms with Gasteiger partial charge in [-0.2, -0.15) is 0 Å². The van der Waals surface area contributed by atoms with Crippen LogP contribution in [0.4, 0.5) is 11.4 Å². The molecule has 0 heterocycles. The van der Waals surface area contributed by atoms with Crippen LogP contribution < -0.4 is 5.32 Å². The van der Waals surface area contributed by atoms with E-state index in [1.807, 2.05) is 0 Å². The van der Waals surface area contributed by atoms with Crippen molar-refractivity contribution in [2.24, 2.45) is 0 Å². The van der Waals surface area contributed by atoms with Crippen LogP contribution in [-0.4, -0.2) is 10.0 Å². The SMILES string of the molecule is O=[N+]([O-])c1cc(Br)ccc1CNc1ccc(O)c(Cl)c1. The molecule has 0 aliphatic rings. The van der Waals surface area contributed by atoms with Gasteiger partial charge in [0, 0.05) is 28.3 Å². The van der Waals surface area contributed by atoms with E-state index in [1.165, 1.54) is 12.1 Å². The van der Waals surface area contributed by atoms with Crippen LogP contribution in [0.3, 0.4) is 0 Å². The molecule has 20 heavy (non-hydrogen) atoms. The largest absolute Gasteiger partial charge is 0.506 e. The fourth-order valence-electron chi connectivity index (χ4n) is 1.67. The molecule has 0 bridgehead atoms. The van der Waals surface area contributed by atoms with Crippen molar-refractivity contribution in [2.75, 3.05) is 5.32 Å². The van der Waals surface area contributed by atoms with E-state index >= 15 is 0 Å². The number of phenols is 1. The van der Waals surface area contributed by atoms with Crippen LogP contribution in [0.2, 0.25) is 5.02 Å². The first-order valence-electron chi connectivity index (χ1n) is 5.62. The number of nitro benzene ring substituents is 1. The van der Waals surface area contributed by atoms with Crippen molar-refractivity contribution < 1.29 is 10.0 Å². The van der Waals surface area contributed by atoms with E-state index in [4.69, 9.17) is 11.6 Å². The van der Waals surface area contributed by atoms with Crippen molar-refractivity contribution >= 4 is 38.9 Å². The molecule has 2 aromatic carbocycles. The number of benzene rings is 2. The van der Waals surface area contributed by atoms with Crippen molar-refractivity contribution in [1.82, 2.24) is 0 Å². The van der Waals surface area contributed by atoms with Gasteiger partial charge in [0.05, 0.1) is 9.95 Å². The second-order valence-electron chi connectivity index (χ2n) is 4.05. The van der Waals surface area contributed by atoms with Crippen molar-refractivity contribution in [3.8, 4) is 5.75 Å². The first kappa shape index (κ1) is 14.6. The van der Waals surface area contributed by atoms with E-state index in [9.17, 15) is 15.2 Å². The van der Waals surface area contributed by atoms with Gasteiger partial charge in [0.1, 0.15) is 5.75 Å². The molecule has 0 amide bonds. The summed E-state index contributed by atoms with van der Waals surface area (Å²) in [5.74, 6) is -0.00756. The average Bonchev–Trinajstić information content (AvgIpc) is 2.41. The monoisotopic (exact) mass is 356 g/mol. The summed E-state index contributed by atoms with van der Waals surface area (Å²) in [5.41, 5.74) is 1.27. The fraction of sp³-hybridized carbons (Fsp3) is 0.0769. The Morgan fingerprint density at radius 1 is 1.30 bits per heavy atom. The molecule has 2 N–H and O–H groups in total. The Balaban J connectivity index is 2.18. The van der Waals surface area contributed by atoms with Gasteiger partial charge in [0.15, 0.2) is 0 Å². The molecule has 2 aromatic rings. The average molecular weight is 358 g/mol. The third kappa shape index (κ3) is 3.40. The van der Waals surface area contributed by atoms with E-state index in [1.54, 1.807) is 24.3 Å². The Bertz CT molecular complexity index is 664. The third-order valence-electron chi connectivity index (χ3n) is 2.67. The van der Waals surface area contributed by atoms with Crippen molar-refractivity contribution in [3.63, 3.8) is 0 Å². The molecule has 0 aliphatic carbocycles. The molecule has 0 unspecified atom stereocenters. The van der Waals surface area contributed by atoms with Gasteiger partial charge in [-0.3, -0.25) is 10.1 Å². The molecular formula is C13H10BrClN2O3. The molecule has 0 spiro atoms. The van der Waals surface area contributed by atoms with Crippen LogP contribution in [0, 0.1) is 10.1 Å². The van der Waals surface area contributed by atoms with Crippen molar-refractivity contribution in [2.45, 2.75) is 6.54 Å². The summed E-state index contributed by atoms with van der Waals surface area (Å²) >= 11 is 9.00. The highest BCUT2D eigenvalue weighted by Gasteiger charge is 2.13. The topological polar surface area (TPSA) is 75.4 Å². The van der Waals surface area contributed by atoms with Crippen LogP contribution in [0.15, 0.2) is 40.9 Å². The number of anilines is 1.